The van der Waals surface area contributed by atoms with Gasteiger partial charge in [-0.2, -0.15) is 5.26 Å². The van der Waals surface area contributed by atoms with Crippen molar-refractivity contribution in [2.75, 3.05) is 13.7 Å². The van der Waals surface area contributed by atoms with Crippen molar-refractivity contribution in [2.24, 2.45) is 0 Å². The molecule has 2 rings (SSSR count). The fourth-order valence-corrected chi connectivity index (χ4v) is 2.14. The normalized spacial score (nSPS) is 10.7. The van der Waals surface area contributed by atoms with Gasteiger partial charge in [0.15, 0.2) is 18.1 Å². The molecule has 0 aliphatic carbocycles. The Bertz CT molecular complexity index is 897. The standard InChI is InChI=1S/C18H14N2O6/c1-25-17-9-12(2-7-16(17)26-11-18(21)22)8-14(10-19)13-3-5-15(6-4-13)20(23)24/h2-9H,11H2,1H3,(H,21,22)/b14-8+. The van der Waals surface area contributed by atoms with E-state index in [4.69, 9.17) is 14.6 Å². The number of carboxylic acid groups (broad SMARTS) is 1. The minimum absolute atomic E-state index is 0.0624. The topological polar surface area (TPSA) is 123 Å². The molecule has 0 fully saturated rings. The fraction of sp³-hybridized carbons (Fsp3) is 0.111. The van der Waals surface area contributed by atoms with Gasteiger partial charge in [0, 0.05) is 12.1 Å². The molecule has 8 heteroatoms. The monoisotopic (exact) mass is 354 g/mol. The molecule has 0 radical (unpaired) electrons. The number of ether oxygens (including phenoxy) is 2. The van der Waals surface area contributed by atoms with E-state index in [0.717, 1.165) is 0 Å². The summed E-state index contributed by atoms with van der Waals surface area (Å²) in [4.78, 5) is 20.8. The zero-order valence-electron chi connectivity index (χ0n) is 13.7. The van der Waals surface area contributed by atoms with Crippen molar-refractivity contribution in [1.82, 2.24) is 0 Å². The molecule has 0 amide bonds. The van der Waals surface area contributed by atoms with Crippen LogP contribution < -0.4 is 9.47 Å². The number of nitriles is 1. The number of aliphatic carboxylic acids is 1. The van der Waals surface area contributed by atoms with Crippen molar-refractivity contribution in [3.05, 3.63) is 63.7 Å². The van der Waals surface area contributed by atoms with E-state index >= 15 is 0 Å². The molecule has 0 aliphatic heterocycles. The number of methoxy groups -OCH3 is 1. The van der Waals surface area contributed by atoms with E-state index in [2.05, 4.69) is 0 Å². The van der Waals surface area contributed by atoms with Crippen LogP contribution in [0.2, 0.25) is 0 Å². The number of nitro benzene ring substituents is 1. The second kappa shape index (κ2) is 8.30. The summed E-state index contributed by atoms with van der Waals surface area (Å²) >= 11 is 0. The number of hydrogen-bond acceptors (Lipinski definition) is 6. The van der Waals surface area contributed by atoms with Gasteiger partial charge in [0.25, 0.3) is 5.69 Å². The molecule has 0 atom stereocenters. The van der Waals surface area contributed by atoms with E-state index in [9.17, 15) is 20.2 Å². The highest BCUT2D eigenvalue weighted by atomic mass is 16.6. The van der Waals surface area contributed by atoms with Gasteiger partial charge in [0.1, 0.15) is 0 Å². The number of hydrogen-bond donors (Lipinski definition) is 1. The van der Waals surface area contributed by atoms with Crippen molar-refractivity contribution >= 4 is 23.3 Å². The van der Waals surface area contributed by atoms with Crippen molar-refractivity contribution < 1.29 is 24.3 Å². The fourth-order valence-electron chi connectivity index (χ4n) is 2.14. The summed E-state index contributed by atoms with van der Waals surface area (Å²) in [6.45, 7) is -0.502. The van der Waals surface area contributed by atoms with Gasteiger partial charge in [0.2, 0.25) is 0 Å². The zero-order valence-corrected chi connectivity index (χ0v) is 13.7. The van der Waals surface area contributed by atoms with Gasteiger partial charge < -0.3 is 14.6 Å². The molecule has 0 saturated carbocycles. The minimum Gasteiger partial charge on any atom is -0.493 e. The summed E-state index contributed by atoms with van der Waals surface area (Å²) in [6.07, 6.45) is 1.59. The number of non-ortho nitro benzene ring substituents is 1. The van der Waals surface area contributed by atoms with Gasteiger partial charge in [0.05, 0.1) is 23.7 Å². The summed E-state index contributed by atoms with van der Waals surface area (Å²) < 4.78 is 10.3. The van der Waals surface area contributed by atoms with Crippen LogP contribution in [0.1, 0.15) is 11.1 Å². The van der Waals surface area contributed by atoms with Gasteiger partial charge >= 0.3 is 5.97 Å². The van der Waals surface area contributed by atoms with Crippen LogP contribution in [0.4, 0.5) is 5.69 Å². The molecule has 0 heterocycles. The van der Waals surface area contributed by atoms with E-state index in [1.165, 1.54) is 31.4 Å². The van der Waals surface area contributed by atoms with Crippen LogP contribution >= 0.6 is 0 Å². The van der Waals surface area contributed by atoms with Crippen LogP contribution in [0.25, 0.3) is 11.6 Å². The van der Waals surface area contributed by atoms with Gasteiger partial charge in [-0.15, -0.1) is 0 Å². The first-order chi connectivity index (χ1) is 12.4. The third-order valence-electron chi connectivity index (χ3n) is 3.36. The van der Waals surface area contributed by atoms with E-state index in [1.807, 2.05) is 6.07 Å². The minimum atomic E-state index is -1.11. The Hall–Kier alpha value is -3.86. The molecular formula is C18H14N2O6. The van der Waals surface area contributed by atoms with Crippen LogP contribution in [0.5, 0.6) is 11.5 Å². The lowest BCUT2D eigenvalue weighted by atomic mass is 10.0. The maximum absolute atomic E-state index is 10.7. The molecule has 132 valence electrons. The van der Waals surface area contributed by atoms with Crippen molar-refractivity contribution in [3.8, 4) is 17.6 Å². The highest BCUT2D eigenvalue weighted by Crippen LogP contribution is 2.30. The molecule has 0 aromatic heterocycles. The maximum atomic E-state index is 10.7. The van der Waals surface area contributed by atoms with Crippen LogP contribution in [-0.4, -0.2) is 29.7 Å². The first-order valence-corrected chi connectivity index (χ1v) is 7.34. The second-order valence-corrected chi connectivity index (χ2v) is 5.07. The Balaban J connectivity index is 2.32. The summed E-state index contributed by atoms with van der Waals surface area (Å²) in [6, 6.07) is 12.5. The highest BCUT2D eigenvalue weighted by molar-refractivity contribution is 5.90. The molecule has 0 saturated heterocycles. The molecular weight excluding hydrogens is 340 g/mol. The lowest BCUT2D eigenvalue weighted by Crippen LogP contribution is -2.10. The van der Waals surface area contributed by atoms with Crippen LogP contribution in [0.3, 0.4) is 0 Å². The Morgan fingerprint density at radius 1 is 1.27 bits per heavy atom. The third kappa shape index (κ3) is 4.58. The Kier molecular flexibility index (Phi) is 5.90. The van der Waals surface area contributed by atoms with E-state index in [1.54, 1.807) is 24.3 Å². The quantitative estimate of drug-likeness (QED) is 0.351. The highest BCUT2D eigenvalue weighted by Gasteiger charge is 2.10. The van der Waals surface area contributed by atoms with E-state index in [-0.39, 0.29) is 11.4 Å². The smallest absolute Gasteiger partial charge is 0.341 e. The van der Waals surface area contributed by atoms with Gasteiger partial charge in [-0.25, -0.2) is 4.79 Å². The maximum Gasteiger partial charge on any atom is 0.341 e. The average molecular weight is 354 g/mol. The lowest BCUT2D eigenvalue weighted by Gasteiger charge is -2.10. The molecule has 0 spiro atoms. The second-order valence-electron chi connectivity index (χ2n) is 5.07. The molecule has 1 N–H and O–H groups in total. The number of benzene rings is 2. The Labute approximate surface area is 148 Å². The van der Waals surface area contributed by atoms with Crippen LogP contribution in [-0.2, 0) is 4.79 Å². The predicted octanol–water partition coefficient (Wildman–Crippen LogP) is 3.13. The molecule has 0 bridgehead atoms. The Morgan fingerprint density at radius 3 is 2.50 bits per heavy atom. The summed E-state index contributed by atoms with van der Waals surface area (Å²) in [5.74, 6) is -0.525. The van der Waals surface area contributed by atoms with Gasteiger partial charge in [-0.3, -0.25) is 10.1 Å². The summed E-state index contributed by atoms with van der Waals surface area (Å²) in [5, 5.41) is 28.7. The molecule has 26 heavy (non-hydrogen) atoms. The number of allylic oxidation sites excluding steroid dienone is 1. The Morgan fingerprint density at radius 2 is 1.96 bits per heavy atom. The van der Waals surface area contributed by atoms with Crippen molar-refractivity contribution in [3.63, 3.8) is 0 Å². The summed E-state index contributed by atoms with van der Waals surface area (Å²) in [7, 11) is 1.41. The molecule has 8 nitrogen and oxygen atoms in total. The SMILES string of the molecule is COc1cc(/C=C(\C#N)c2ccc([N+](=O)[O-])cc2)ccc1OCC(=O)O. The molecule has 0 unspecified atom stereocenters. The first-order valence-electron chi connectivity index (χ1n) is 7.34. The average Bonchev–Trinajstić information content (AvgIpc) is 2.64. The van der Waals surface area contributed by atoms with Crippen LogP contribution in [0.15, 0.2) is 42.5 Å². The molecule has 0 aliphatic rings. The van der Waals surface area contributed by atoms with Crippen molar-refractivity contribution in [2.45, 2.75) is 0 Å². The first kappa shape index (κ1) is 18.5. The van der Waals surface area contributed by atoms with Crippen molar-refractivity contribution in [1.29, 1.82) is 5.26 Å². The predicted molar refractivity (Wildman–Crippen MR) is 92.7 cm³/mol. The third-order valence-corrected chi connectivity index (χ3v) is 3.36. The van der Waals surface area contributed by atoms with Gasteiger partial charge in [-0.05, 0) is 41.5 Å². The number of nitrogens with zero attached hydrogens (tertiary/aromatic N) is 2. The van der Waals surface area contributed by atoms with Crippen LogP contribution in [0, 0.1) is 21.4 Å². The van der Waals surface area contributed by atoms with Gasteiger partial charge in [-0.1, -0.05) is 6.07 Å². The van der Waals surface area contributed by atoms with E-state index in [0.29, 0.717) is 22.4 Å². The number of carbonyl (C=O) groups is 1. The number of rotatable bonds is 7. The van der Waals surface area contributed by atoms with E-state index < -0.39 is 17.5 Å². The number of nitro groups is 1. The zero-order chi connectivity index (χ0) is 19.1. The lowest BCUT2D eigenvalue weighted by molar-refractivity contribution is -0.384. The molecule has 2 aromatic carbocycles. The summed E-state index contributed by atoms with van der Waals surface area (Å²) in [5.41, 5.74) is 1.40. The molecule has 2 aromatic rings. The number of carboxylic acids is 1. The largest absolute Gasteiger partial charge is 0.493 e.